The van der Waals surface area contributed by atoms with Crippen LogP contribution in [0.3, 0.4) is 0 Å². The van der Waals surface area contributed by atoms with Crippen molar-refractivity contribution in [3.05, 3.63) is 59.7 Å². The van der Waals surface area contributed by atoms with Gasteiger partial charge in [0, 0.05) is 11.3 Å². The van der Waals surface area contributed by atoms with Gasteiger partial charge in [-0.2, -0.15) is 0 Å². The molecule has 2 N–H and O–H groups in total. The van der Waals surface area contributed by atoms with Crippen molar-refractivity contribution in [2.24, 2.45) is 0 Å². The summed E-state index contributed by atoms with van der Waals surface area (Å²) in [6.45, 7) is 1.38. The normalized spacial score (nSPS) is 11.0. The lowest BCUT2D eigenvalue weighted by molar-refractivity contribution is 0.0696. The predicted molar refractivity (Wildman–Crippen MR) is 80.7 cm³/mol. The van der Waals surface area contributed by atoms with Crippen molar-refractivity contribution in [1.82, 2.24) is 0 Å². The molecule has 0 atom stereocenters. The fourth-order valence-electron chi connectivity index (χ4n) is 1.81. The van der Waals surface area contributed by atoms with Gasteiger partial charge < -0.3 is 5.11 Å². The second-order valence-electron chi connectivity index (χ2n) is 4.58. The quantitative estimate of drug-likeness (QED) is 0.824. The highest BCUT2D eigenvalue weighted by Crippen LogP contribution is 2.18. The van der Waals surface area contributed by atoms with Crippen LogP contribution in [0, 0.1) is 0 Å². The zero-order chi connectivity index (χ0) is 16.3. The first-order valence-corrected chi connectivity index (χ1v) is 7.75. The Balaban J connectivity index is 2.35. The number of carbonyl (C=O) groups excluding carboxylic acids is 1. The van der Waals surface area contributed by atoms with Crippen LogP contribution in [-0.4, -0.2) is 25.3 Å². The lowest BCUT2D eigenvalue weighted by atomic mass is 10.1. The molecule has 0 aliphatic rings. The Morgan fingerprint density at radius 1 is 1.00 bits per heavy atom. The van der Waals surface area contributed by atoms with Crippen LogP contribution in [0.15, 0.2) is 53.4 Å². The number of sulfonamides is 1. The molecule has 0 saturated heterocycles. The van der Waals surface area contributed by atoms with E-state index in [1.165, 1.54) is 37.3 Å². The molecule has 0 aromatic heterocycles. The summed E-state index contributed by atoms with van der Waals surface area (Å²) in [6, 6.07) is 11.1. The summed E-state index contributed by atoms with van der Waals surface area (Å²) in [5, 5.41) is 8.91. The van der Waals surface area contributed by atoms with Gasteiger partial charge in [0.15, 0.2) is 5.78 Å². The van der Waals surface area contributed by atoms with Crippen LogP contribution in [0.2, 0.25) is 0 Å². The van der Waals surface area contributed by atoms with Crippen molar-refractivity contribution < 1.29 is 23.1 Å². The van der Waals surface area contributed by atoms with Crippen LogP contribution in [0.25, 0.3) is 0 Å². The molecule has 2 rings (SSSR count). The Morgan fingerprint density at radius 3 is 2.27 bits per heavy atom. The van der Waals surface area contributed by atoms with Gasteiger partial charge in [-0.1, -0.05) is 18.2 Å². The number of ketones is 1. The average Bonchev–Trinajstić information content (AvgIpc) is 2.47. The monoisotopic (exact) mass is 319 g/mol. The first-order valence-electron chi connectivity index (χ1n) is 6.27. The molecule has 0 fully saturated rings. The molecule has 114 valence electrons. The van der Waals surface area contributed by atoms with Crippen LogP contribution in [0.1, 0.15) is 27.6 Å². The van der Waals surface area contributed by atoms with Gasteiger partial charge in [0.2, 0.25) is 0 Å². The number of benzene rings is 2. The highest BCUT2D eigenvalue weighted by atomic mass is 32.2. The maximum Gasteiger partial charge on any atom is 0.335 e. The van der Waals surface area contributed by atoms with Crippen molar-refractivity contribution in [2.45, 2.75) is 11.8 Å². The molecular weight excluding hydrogens is 306 g/mol. The molecule has 6 nitrogen and oxygen atoms in total. The third kappa shape index (κ3) is 3.50. The minimum Gasteiger partial charge on any atom is -0.478 e. The van der Waals surface area contributed by atoms with E-state index in [-0.39, 0.29) is 21.9 Å². The van der Waals surface area contributed by atoms with E-state index in [0.29, 0.717) is 5.56 Å². The minimum atomic E-state index is -3.94. The van der Waals surface area contributed by atoms with Crippen molar-refractivity contribution >= 4 is 27.5 Å². The van der Waals surface area contributed by atoms with E-state index in [2.05, 4.69) is 4.72 Å². The number of carboxylic acid groups (broad SMARTS) is 1. The predicted octanol–water partition coefficient (Wildman–Crippen LogP) is 2.39. The molecule has 0 radical (unpaired) electrons. The van der Waals surface area contributed by atoms with E-state index in [1.54, 1.807) is 12.1 Å². The number of hydrogen-bond donors (Lipinski definition) is 2. The average molecular weight is 319 g/mol. The van der Waals surface area contributed by atoms with Gasteiger partial charge in [0.25, 0.3) is 10.0 Å². The first kappa shape index (κ1) is 15.7. The molecule has 0 spiro atoms. The third-order valence-corrected chi connectivity index (χ3v) is 4.29. The van der Waals surface area contributed by atoms with E-state index in [4.69, 9.17) is 5.11 Å². The van der Waals surface area contributed by atoms with E-state index in [1.807, 2.05) is 0 Å². The molecule has 0 bridgehead atoms. The molecule has 0 heterocycles. The lowest BCUT2D eigenvalue weighted by Gasteiger charge is -2.09. The SMILES string of the molecule is CC(=O)c1cccc(NS(=O)(=O)c2cccc(C(=O)O)c2)c1. The van der Waals surface area contributed by atoms with Crippen LogP contribution < -0.4 is 4.72 Å². The molecule has 0 aliphatic carbocycles. The van der Waals surface area contributed by atoms with Gasteiger partial charge in [-0.05, 0) is 37.3 Å². The summed E-state index contributed by atoms with van der Waals surface area (Å²) in [4.78, 5) is 22.0. The molecule has 2 aromatic carbocycles. The van der Waals surface area contributed by atoms with Gasteiger partial charge in [0.1, 0.15) is 0 Å². The lowest BCUT2D eigenvalue weighted by Crippen LogP contribution is -2.14. The maximum atomic E-state index is 12.3. The van der Waals surface area contributed by atoms with E-state index in [9.17, 15) is 18.0 Å². The van der Waals surface area contributed by atoms with Crippen molar-refractivity contribution in [2.75, 3.05) is 4.72 Å². The summed E-state index contributed by atoms with van der Waals surface area (Å²) >= 11 is 0. The Kier molecular flexibility index (Phi) is 4.27. The Labute approximate surface area is 127 Å². The highest BCUT2D eigenvalue weighted by Gasteiger charge is 2.16. The number of anilines is 1. The number of rotatable bonds is 5. The van der Waals surface area contributed by atoms with Gasteiger partial charge in [0.05, 0.1) is 10.5 Å². The summed E-state index contributed by atoms with van der Waals surface area (Å²) in [7, 11) is -3.94. The number of carboxylic acids is 1. The summed E-state index contributed by atoms with van der Waals surface area (Å²) in [5.74, 6) is -1.40. The van der Waals surface area contributed by atoms with Crippen molar-refractivity contribution in [3.8, 4) is 0 Å². The Morgan fingerprint density at radius 2 is 1.64 bits per heavy atom. The van der Waals surface area contributed by atoms with Crippen LogP contribution in [0.5, 0.6) is 0 Å². The van der Waals surface area contributed by atoms with Crippen LogP contribution >= 0.6 is 0 Å². The third-order valence-electron chi connectivity index (χ3n) is 2.91. The van der Waals surface area contributed by atoms with Gasteiger partial charge >= 0.3 is 5.97 Å². The summed E-state index contributed by atoms with van der Waals surface area (Å²) in [5.41, 5.74) is 0.480. The van der Waals surface area contributed by atoms with Gasteiger partial charge in [-0.25, -0.2) is 13.2 Å². The van der Waals surface area contributed by atoms with E-state index in [0.717, 1.165) is 6.07 Å². The molecule has 2 aromatic rings. The fraction of sp³-hybridized carbons (Fsp3) is 0.0667. The fourth-order valence-corrected chi connectivity index (χ4v) is 2.91. The molecule has 0 aliphatic heterocycles. The number of hydrogen-bond acceptors (Lipinski definition) is 4. The molecule has 0 unspecified atom stereocenters. The maximum absolute atomic E-state index is 12.3. The second kappa shape index (κ2) is 5.98. The largest absolute Gasteiger partial charge is 0.478 e. The topological polar surface area (TPSA) is 101 Å². The Hall–Kier alpha value is -2.67. The van der Waals surface area contributed by atoms with Crippen LogP contribution in [-0.2, 0) is 10.0 Å². The molecule has 0 saturated carbocycles. The first-order chi connectivity index (χ1) is 10.3. The molecular formula is C15H13NO5S. The van der Waals surface area contributed by atoms with Gasteiger partial charge in [-0.15, -0.1) is 0 Å². The highest BCUT2D eigenvalue weighted by molar-refractivity contribution is 7.92. The molecule has 0 amide bonds. The zero-order valence-corrected chi connectivity index (χ0v) is 12.4. The second-order valence-corrected chi connectivity index (χ2v) is 6.26. The summed E-state index contributed by atoms with van der Waals surface area (Å²) < 4.78 is 26.9. The zero-order valence-electron chi connectivity index (χ0n) is 11.6. The number of carbonyl (C=O) groups is 2. The molecule has 7 heteroatoms. The van der Waals surface area contributed by atoms with E-state index >= 15 is 0 Å². The van der Waals surface area contributed by atoms with E-state index < -0.39 is 16.0 Å². The number of Topliss-reactive ketones (excluding diaryl/α,β-unsaturated/α-hetero) is 1. The van der Waals surface area contributed by atoms with Crippen molar-refractivity contribution in [3.63, 3.8) is 0 Å². The summed E-state index contributed by atoms with van der Waals surface area (Å²) in [6.07, 6.45) is 0. The standard InChI is InChI=1S/C15H13NO5S/c1-10(17)11-4-2-6-13(8-11)16-22(20,21)14-7-3-5-12(9-14)15(18)19/h2-9,16H,1H3,(H,18,19). The number of aromatic carboxylic acids is 1. The van der Waals surface area contributed by atoms with Crippen molar-refractivity contribution in [1.29, 1.82) is 0 Å². The minimum absolute atomic E-state index is 0.125. The number of nitrogens with one attached hydrogen (secondary N) is 1. The Bertz CT molecular complexity index is 843. The van der Waals surface area contributed by atoms with Gasteiger partial charge in [-0.3, -0.25) is 9.52 Å². The smallest absolute Gasteiger partial charge is 0.335 e. The van der Waals surface area contributed by atoms with Crippen LogP contribution in [0.4, 0.5) is 5.69 Å². The molecule has 22 heavy (non-hydrogen) atoms.